The maximum absolute atomic E-state index is 12.6. The van der Waals surface area contributed by atoms with E-state index in [0.717, 1.165) is 0 Å². The molecule has 1 saturated heterocycles. The molecule has 0 spiro atoms. The van der Waals surface area contributed by atoms with E-state index >= 15 is 0 Å². The molecule has 2 rings (SSSR count). The summed E-state index contributed by atoms with van der Waals surface area (Å²) >= 11 is 6.04. The number of piperidine rings is 1. The van der Waals surface area contributed by atoms with E-state index in [-0.39, 0.29) is 12.8 Å². The van der Waals surface area contributed by atoms with Crippen molar-refractivity contribution >= 4 is 23.4 Å². The molecule has 1 N–H and O–H groups in total. The van der Waals surface area contributed by atoms with E-state index in [1.54, 1.807) is 4.90 Å². The van der Waals surface area contributed by atoms with E-state index in [0.29, 0.717) is 36.4 Å². The Hall–Kier alpha value is -1.24. The molecule has 1 aromatic heterocycles. The molecule has 4 nitrogen and oxygen atoms in total. The van der Waals surface area contributed by atoms with Crippen molar-refractivity contribution in [2.24, 2.45) is 5.92 Å². The largest absolute Gasteiger partial charge is 0.391 e. The van der Waals surface area contributed by atoms with E-state index in [4.69, 9.17) is 11.6 Å². The van der Waals surface area contributed by atoms with Gasteiger partial charge in [-0.2, -0.15) is 18.2 Å². The van der Waals surface area contributed by atoms with Gasteiger partial charge in [-0.25, -0.2) is 4.98 Å². The van der Waals surface area contributed by atoms with Crippen LogP contribution < -0.4 is 10.2 Å². The molecule has 0 unspecified atom stereocenters. The molecule has 1 aromatic rings. The first-order valence-corrected chi connectivity index (χ1v) is 6.87. The van der Waals surface area contributed by atoms with Crippen LogP contribution in [0.2, 0.25) is 5.02 Å². The van der Waals surface area contributed by atoms with Gasteiger partial charge in [-0.15, -0.1) is 0 Å². The average Bonchev–Trinajstić information content (AvgIpc) is 2.40. The number of alkyl halides is 3. The van der Waals surface area contributed by atoms with Crippen LogP contribution in [0.5, 0.6) is 0 Å². The molecule has 8 heteroatoms. The summed E-state index contributed by atoms with van der Waals surface area (Å²) in [5.74, 6) is -0.296. The first-order chi connectivity index (χ1) is 9.41. The molecule has 112 valence electrons. The van der Waals surface area contributed by atoms with Crippen LogP contribution in [0.15, 0.2) is 6.20 Å². The second-order valence-corrected chi connectivity index (χ2v) is 5.11. The monoisotopic (exact) mass is 308 g/mol. The van der Waals surface area contributed by atoms with Gasteiger partial charge in [0, 0.05) is 19.6 Å². The van der Waals surface area contributed by atoms with Crippen LogP contribution >= 0.6 is 11.6 Å². The number of hydrogen-bond acceptors (Lipinski definition) is 4. The number of anilines is 2. The van der Waals surface area contributed by atoms with E-state index in [2.05, 4.69) is 15.3 Å². The van der Waals surface area contributed by atoms with Gasteiger partial charge in [0.05, 0.1) is 12.1 Å². The van der Waals surface area contributed by atoms with Crippen molar-refractivity contribution in [3.05, 3.63) is 11.2 Å². The molecule has 0 atom stereocenters. The van der Waals surface area contributed by atoms with Crippen molar-refractivity contribution in [2.75, 3.05) is 29.9 Å². The molecule has 0 aliphatic carbocycles. The molecular weight excluding hydrogens is 293 g/mol. The predicted molar refractivity (Wildman–Crippen MR) is 72.2 cm³/mol. The summed E-state index contributed by atoms with van der Waals surface area (Å²) in [4.78, 5) is 10.1. The number of aromatic nitrogens is 2. The quantitative estimate of drug-likeness (QED) is 0.930. The Balaban J connectivity index is 2.08. The lowest BCUT2D eigenvalue weighted by atomic mass is 9.96. The topological polar surface area (TPSA) is 41.1 Å². The predicted octanol–water partition coefficient (Wildman–Crippen LogP) is 3.34. The van der Waals surface area contributed by atoms with Crippen LogP contribution in [0, 0.1) is 5.92 Å². The molecule has 20 heavy (non-hydrogen) atoms. The van der Waals surface area contributed by atoms with Gasteiger partial charge in [0.2, 0.25) is 5.95 Å². The van der Waals surface area contributed by atoms with Gasteiger partial charge in [-0.3, -0.25) is 0 Å². The Labute approximate surface area is 120 Å². The zero-order valence-corrected chi connectivity index (χ0v) is 11.8. The van der Waals surface area contributed by atoms with Crippen LogP contribution in [-0.2, 0) is 0 Å². The summed E-state index contributed by atoms with van der Waals surface area (Å²) in [6, 6.07) is 0. The number of halogens is 4. The Bertz CT molecular complexity index is 459. The average molecular weight is 309 g/mol. The van der Waals surface area contributed by atoms with Crippen molar-refractivity contribution < 1.29 is 13.2 Å². The maximum atomic E-state index is 12.6. The summed E-state index contributed by atoms with van der Waals surface area (Å²) in [6.07, 6.45) is -2.51. The fourth-order valence-electron chi connectivity index (χ4n) is 2.24. The minimum absolute atomic E-state index is 0.0698. The highest BCUT2D eigenvalue weighted by Gasteiger charge is 2.41. The van der Waals surface area contributed by atoms with Gasteiger partial charge < -0.3 is 10.2 Å². The zero-order chi connectivity index (χ0) is 14.8. The third-order valence-electron chi connectivity index (χ3n) is 3.32. The van der Waals surface area contributed by atoms with Crippen molar-refractivity contribution in [1.29, 1.82) is 0 Å². The normalized spacial score (nSPS) is 17.4. The minimum Gasteiger partial charge on any atom is -0.355 e. The maximum Gasteiger partial charge on any atom is 0.391 e. The number of rotatable bonds is 3. The van der Waals surface area contributed by atoms with Crippen LogP contribution in [0.4, 0.5) is 24.9 Å². The van der Waals surface area contributed by atoms with Crippen molar-refractivity contribution in [3.63, 3.8) is 0 Å². The third-order valence-corrected chi connectivity index (χ3v) is 3.58. The summed E-state index contributed by atoms with van der Waals surface area (Å²) in [6.45, 7) is 3.17. The molecule has 1 aliphatic heterocycles. The second kappa shape index (κ2) is 6.03. The van der Waals surface area contributed by atoms with Crippen molar-refractivity contribution in [1.82, 2.24) is 9.97 Å². The molecule has 1 aliphatic rings. The Morgan fingerprint density at radius 1 is 1.40 bits per heavy atom. The lowest BCUT2D eigenvalue weighted by molar-refractivity contribution is -0.179. The summed E-state index contributed by atoms with van der Waals surface area (Å²) in [5.41, 5.74) is 0. The smallest absolute Gasteiger partial charge is 0.355 e. The highest BCUT2D eigenvalue weighted by Crippen LogP contribution is 2.36. The van der Waals surface area contributed by atoms with E-state index in [1.807, 2.05) is 6.92 Å². The Morgan fingerprint density at radius 3 is 2.60 bits per heavy atom. The van der Waals surface area contributed by atoms with Gasteiger partial charge in [-0.05, 0) is 19.8 Å². The fourth-order valence-corrected chi connectivity index (χ4v) is 2.45. The van der Waals surface area contributed by atoms with Crippen molar-refractivity contribution in [2.45, 2.75) is 25.9 Å². The van der Waals surface area contributed by atoms with E-state index < -0.39 is 12.1 Å². The number of nitrogens with zero attached hydrogens (tertiary/aromatic N) is 3. The van der Waals surface area contributed by atoms with Gasteiger partial charge in [0.1, 0.15) is 5.02 Å². The molecule has 0 amide bonds. The Kier molecular flexibility index (Phi) is 4.57. The molecule has 0 bridgehead atoms. The fraction of sp³-hybridized carbons (Fsp3) is 0.667. The van der Waals surface area contributed by atoms with E-state index in [1.165, 1.54) is 6.20 Å². The minimum atomic E-state index is -4.11. The molecule has 1 fully saturated rings. The van der Waals surface area contributed by atoms with Crippen LogP contribution in [0.25, 0.3) is 0 Å². The van der Waals surface area contributed by atoms with Crippen LogP contribution in [0.3, 0.4) is 0 Å². The van der Waals surface area contributed by atoms with Gasteiger partial charge in [-0.1, -0.05) is 11.6 Å². The molecule has 0 saturated carbocycles. The third kappa shape index (κ3) is 3.45. The Morgan fingerprint density at radius 2 is 2.05 bits per heavy atom. The highest BCUT2D eigenvalue weighted by molar-refractivity contribution is 6.32. The molecular formula is C12H16ClF3N4. The van der Waals surface area contributed by atoms with Gasteiger partial charge in [0.15, 0.2) is 5.82 Å². The van der Waals surface area contributed by atoms with Crippen LogP contribution in [0.1, 0.15) is 19.8 Å². The standard InChI is InChI=1S/C12H16ClF3N4/c1-2-17-11-18-7-9(13)10(19-11)20-5-3-8(4-6-20)12(14,15)16/h7-8H,2-6H2,1H3,(H,17,18,19). The molecule has 2 heterocycles. The summed E-state index contributed by atoms with van der Waals surface area (Å²) in [7, 11) is 0. The molecule has 0 radical (unpaired) electrons. The molecule has 0 aromatic carbocycles. The van der Waals surface area contributed by atoms with E-state index in [9.17, 15) is 13.2 Å². The van der Waals surface area contributed by atoms with Crippen LogP contribution in [-0.4, -0.2) is 35.8 Å². The lowest BCUT2D eigenvalue weighted by Crippen LogP contribution is -2.39. The first kappa shape index (κ1) is 15.2. The summed E-state index contributed by atoms with van der Waals surface area (Å²) < 4.78 is 37.9. The first-order valence-electron chi connectivity index (χ1n) is 6.50. The SMILES string of the molecule is CCNc1ncc(Cl)c(N2CCC(C(F)(F)F)CC2)n1. The lowest BCUT2D eigenvalue weighted by Gasteiger charge is -2.34. The number of hydrogen-bond donors (Lipinski definition) is 1. The highest BCUT2D eigenvalue weighted by atomic mass is 35.5. The van der Waals surface area contributed by atoms with Crippen molar-refractivity contribution in [3.8, 4) is 0 Å². The summed E-state index contributed by atoms with van der Waals surface area (Å²) in [5, 5.41) is 3.32. The zero-order valence-electron chi connectivity index (χ0n) is 11.0. The number of nitrogens with one attached hydrogen (secondary N) is 1. The van der Waals surface area contributed by atoms with Gasteiger partial charge in [0.25, 0.3) is 0 Å². The second-order valence-electron chi connectivity index (χ2n) is 4.70. The van der Waals surface area contributed by atoms with Gasteiger partial charge >= 0.3 is 6.18 Å².